The second-order valence-corrected chi connectivity index (χ2v) is 3.58. The highest BCUT2D eigenvalue weighted by molar-refractivity contribution is 7.98. The molecule has 0 aliphatic heterocycles. The Balaban J connectivity index is 0. The normalized spacial score (nSPS) is 9.27. The zero-order valence-corrected chi connectivity index (χ0v) is 9.42. The van der Waals surface area contributed by atoms with E-state index < -0.39 is 0 Å². The fraction of sp³-hybridized carbons (Fsp3) is 1.00. The van der Waals surface area contributed by atoms with Gasteiger partial charge < -0.3 is 5.32 Å². The number of hydrogen-bond donors (Lipinski definition) is 1. The lowest BCUT2D eigenvalue weighted by molar-refractivity contribution is 0.568. The molecule has 0 heterocycles. The molecule has 0 saturated heterocycles. The van der Waals surface area contributed by atoms with E-state index in [0.29, 0.717) is 0 Å². The van der Waals surface area contributed by atoms with Crippen LogP contribution in [0.4, 0.5) is 0 Å². The zero-order valence-electron chi connectivity index (χ0n) is 8.61. The topological polar surface area (TPSA) is 12.0 Å². The molecule has 0 saturated carbocycles. The Kier molecular flexibility index (Phi) is 16.3. The van der Waals surface area contributed by atoms with Crippen LogP contribution in [0.1, 0.15) is 27.7 Å². The van der Waals surface area contributed by atoms with Gasteiger partial charge in [-0.1, -0.05) is 27.7 Å². The Morgan fingerprint density at radius 1 is 1.27 bits per heavy atom. The summed E-state index contributed by atoms with van der Waals surface area (Å²) in [6, 6.07) is 0. The van der Waals surface area contributed by atoms with E-state index in [2.05, 4.69) is 25.4 Å². The van der Waals surface area contributed by atoms with E-state index >= 15 is 0 Å². The highest BCUT2D eigenvalue weighted by atomic mass is 32.2. The molecule has 0 amide bonds. The molecular formula is C9H23NS. The average molecular weight is 177 g/mol. The van der Waals surface area contributed by atoms with Crippen LogP contribution < -0.4 is 5.32 Å². The molecular weight excluding hydrogens is 154 g/mol. The van der Waals surface area contributed by atoms with Crippen LogP contribution in [0.25, 0.3) is 0 Å². The maximum absolute atomic E-state index is 3.36. The zero-order chi connectivity index (χ0) is 9.11. The first-order valence-corrected chi connectivity index (χ1v) is 5.86. The van der Waals surface area contributed by atoms with Gasteiger partial charge in [0.2, 0.25) is 0 Å². The number of hydrogen-bond acceptors (Lipinski definition) is 2. The van der Waals surface area contributed by atoms with E-state index in [4.69, 9.17) is 0 Å². The molecule has 0 aromatic carbocycles. The summed E-state index contributed by atoms with van der Waals surface area (Å²) in [6.07, 6.45) is 2.14. The lowest BCUT2D eigenvalue weighted by Crippen LogP contribution is -2.21. The van der Waals surface area contributed by atoms with Gasteiger partial charge in [-0.05, 0) is 18.7 Å². The van der Waals surface area contributed by atoms with Crippen molar-refractivity contribution in [3.63, 3.8) is 0 Å². The minimum Gasteiger partial charge on any atom is -0.316 e. The molecule has 0 fully saturated rings. The average Bonchev–Trinajstić information content (AvgIpc) is 2.02. The summed E-state index contributed by atoms with van der Waals surface area (Å²) in [6.45, 7) is 10.8. The van der Waals surface area contributed by atoms with Crippen LogP contribution in [0, 0.1) is 5.92 Å². The number of rotatable bonds is 5. The third kappa shape index (κ3) is 17.9. The monoisotopic (exact) mass is 177 g/mol. The summed E-state index contributed by atoms with van der Waals surface area (Å²) in [5, 5.41) is 3.36. The van der Waals surface area contributed by atoms with Gasteiger partial charge in [0, 0.05) is 12.3 Å². The first-order valence-electron chi connectivity index (χ1n) is 4.47. The smallest absolute Gasteiger partial charge is 0.00553 e. The van der Waals surface area contributed by atoms with Crippen LogP contribution in [0.2, 0.25) is 0 Å². The first-order chi connectivity index (χ1) is 5.27. The second-order valence-electron chi connectivity index (χ2n) is 2.59. The van der Waals surface area contributed by atoms with Crippen molar-refractivity contribution in [2.45, 2.75) is 27.7 Å². The molecule has 0 radical (unpaired) electrons. The molecule has 0 rings (SSSR count). The third-order valence-electron chi connectivity index (χ3n) is 1.04. The van der Waals surface area contributed by atoms with Gasteiger partial charge in [-0.25, -0.2) is 0 Å². The predicted octanol–water partition coefficient (Wildman–Crippen LogP) is 2.62. The number of nitrogens with one attached hydrogen (secondary N) is 1. The molecule has 1 N–H and O–H groups in total. The lowest BCUT2D eigenvalue weighted by Gasteiger charge is -2.04. The molecule has 2 heteroatoms. The molecule has 1 nitrogen and oxygen atoms in total. The minimum absolute atomic E-state index is 0.784. The summed E-state index contributed by atoms with van der Waals surface area (Å²) in [4.78, 5) is 0. The van der Waals surface area contributed by atoms with E-state index in [9.17, 15) is 0 Å². The van der Waals surface area contributed by atoms with Crippen LogP contribution in [-0.2, 0) is 0 Å². The third-order valence-corrected chi connectivity index (χ3v) is 1.65. The van der Waals surface area contributed by atoms with Crippen LogP contribution in [0.3, 0.4) is 0 Å². The quantitative estimate of drug-likeness (QED) is 0.648. The minimum atomic E-state index is 0.784. The molecule has 11 heavy (non-hydrogen) atoms. The Labute approximate surface area is 76.3 Å². The van der Waals surface area contributed by atoms with Crippen LogP contribution in [0.5, 0.6) is 0 Å². The SMILES string of the molecule is CC.CSCCNCC(C)C. The summed E-state index contributed by atoms with van der Waals surface area (Å²) in [7, 11) is 0. The van der Waals surface area contributed by atoms with E-state index in [0.717, 1.165) is 19.0 Å². The van der Waals surface area contributed by atoms with Gasteiger partial charge in [0.05, 0.1) is 0 Å². The molecule has 0 aromatic heterocycles. The molecule has 0 bridgehead atoms. The Morgan fingerprint density at radius 2 is 1.82 bits per heavy atom. The Morgan fingerprint density at radius 3 is 2.18 bits per heavy atom. The predicted molar refractivity (Wildman–Crippen MR) is 57.4 cm³/mol. The van der Waals surface area contributed by atoms with Crippen molar-refractivity contribution >= 4 is 11.8 Å². The van der Waals surface area contributed by atoms with Gasteiger partial charge >= 0.3 is 0 Å². The van der Waals surface area contributed by atoms with Crippen molar-refractivity contribution in [1.82, 2.24) is 5.32 Å². The summed E-state index contributed by atoms with van der Waals surface area (Å²) < 4.78 is 0. The maximum Gasteiger partial charge on any atom is 0.00553 e. The Hall–Kier alpha value is 0.310. The summed E-state index contributed by atoms with van der Waals surface area (Å²) >= 11 is 1.89. The maximum atomic E-state index is 3.36. The van der Waals surface area contributed by atoms with Gasteiger partial charge in [-0.2, -0.15) is 11.8 Å². The lowest BCUT2D eigenvalue weighted by atomic mass is 10.2. The molecule has 0 unspecified atom stereocenters. The van der Waals surface area contributed by atoms with Crippen molar-refractivity contribution in [2.75, 3.05) is 25.1 Å². The van der Waals surface area contributed by atoms with Crippen molar-refractivity contribution < 1.29 is 0 Å². The van der Waals surface area contributed by atoms with Gasteiger partial charge in [0.1, 0.15) is 0 Å². The molecule has 70 valence electrons. The van der Waals surface area contributed by atoms with Crippen LogP contribution >= 0.6 is 11.8 Å². The Bertz CT molecular complexity index is 55.5. The van der Waals surface area contributed by atoms with Crippen molar-refractivity contribution in [2.24, 2.45) is 5.92 Å². The molecule has 0 atom stereocenters. The largest absolute Gasteiger partial charge is 0.316 e. The van der Waals surface area contributed by atoms with Crippen molar-refractivity contribution in [3.8, 4) is 0 Å². The summed E-state index contributed by atoms with van der Waals surface area (Å²) in [5.41, 5.74) is 0. The van der Waals surface area contributed by atoms with Gasteiger partial charge in [0.15, 0.2) is 0 Å². The van der Waals surface area contributed by atoms with Gasteiger partial charge in [0.25, 0.3) is 0 Å². The standard InChI is InChI=1S/C7H17NS.C2H6/c1-7(2)6-8-4-5-9-3;1-2/h7-8H,4-6H2,1-3H3;1-2H3. The fourth-order valence-electron chi connectivity index (χ4n) is 0.565. The molecule has 0 aliphatic rings. The van der Waals surface area contributed by atoms with Gasteiger partial charge in [-0.3, -0.25) is 0 Å². The second kappa shape index (κ2) is 12.9. The first kappa shape index (κ1) is 13.9. The highest BCUT2D eigenvalue weighted by Crippen LogP contribution is 1.89. The molecule has 0 spiro atoms. The van der Waals surface area contributed by atoms with E-state index in [1.165, 1.54) is 5.75 Å². The van der Waals surface area contributed by atoms with Crippen molar-refractivity contribution in [1.29, 1.82) is 0 Å². The van der Waals surface area contributed by atoms with Gasteiger partial charge in [-0.15, -0.1) is 0 Å². The molecule has 0 aliphatic carbocycles. The van der Waals surface area contributed by atoms with Crippen LogP contribution in [-0.4, -0.2) is 25.1 Å². The fourth-order valence-corrected chi connectivity index (χ4v) is 0.913. The molecule has 0 aromatic rings. The van der Waals surface area contributed by atoms with Crippen molar-refractivity contribution in [3.05, 3.63) is 0 Å². The van der Waals surface area contributed by atoms with Crippen LogP contribution in [0.15, 0.2) is 0 Å². The van der Waals surface area contributed by atoms with E-state index in [-0.39, 0.29) is 0 Å². The highest BCUT2D eigenvalue weighted by Gasteiger charge is 1.90. The summed E-state index contributed by atoms with van der Waals surface area (Å²) in [5.74, 6) is 2.01. The van der Waals surface area contributed by atoms with E-state index in [1.54, 1.807) is 0 Å². The number of thioether (sulfide) groups is 1. The van der Waals surface area contributed by atoms with E-state index in [1.807, 2.05) is 25.6 Å².